The molecule has 5 unspecified atom stereocenters. The molecule has 1 aliphatic rings. The van der Waals surface area contributed by atoms with Crippen molar-refractivity contribution >= 4 is 11.9 Å². The minimum atomic E-state index is -0.761. The Bertz CT molecular complexity index is 840. The van der Waals surface area contributed by atoms with Gasteiger partial charge in [0.25, 0.3) is 0 Å². The van der Waals surface area contributed by atoms with Gasteiger partial charge in [-0.3, -0.25) is 9.59 Å². The first kappa shape index (κ1) is 20.9. The summed E-state index contributed by atoms with van der Waals surface area (Å²) < 4.78 is 17.1. The van der Waals surface area contributed by atoms with E-state index in [2.05, 4.69) is 15.4 Å². The van der Waals surface area contributed by atoms with E-state index in [0.717, 1.165) is 5.56 Å². The second-order valence-corrected chi connectivity index (χ2v) is 7.17. The van der Waals surface area contributed by atoms with Crippen molar-refractivity contribution in [3.05, 3.63) is 41.7 Å². The molecule has 0 radical (unpaired) electrons. The van der Waals surface area contributed by atoms with Crippen molar-refractivity contribution in [3.63, 3.8) is 0 Å². The second-order valence-electron chi connectivity index (χ2n) is 7.17. The fourth-order valence-corrected chi connectivity index (χ4v) is 3.58. The van der Waals surface area contributed by atoms with Crippen LogP contribution in [0.25, 0.3) is 0 Å². The summed E-state index contributed by atoms with van der Waals surface area (Å²) in [5.74, 6) is -0.649. The Hall–Kier alpha value is -2.81. The van der Waals surface area contributed by atoms with E-state index in [-0.39, 0.29) is 12.0 Å². The number of nitrogens with zero attached hydrogens (tertiary/aromatic N) is 4. The zero-order chi connectivity index (χ0) is 21.0. The van der Waals surface area contributed by atoms with Crippen molar-refractivity contribution < 1.29 is 23.8 Å². The molecular formula is C20H26N4O5. The molecule has 0 amide bonds. The van der Waals surface area contributed by atoms with Crippen LogP contribution >= 0.6 is 0 Å². The second kappa shape index (κ2) is 9.13. The molecule has 1 aliphatic heterocycles. The maximum Gasteiger partial charge on any atom is 0.303 e. The molecule has 0 aliphatic carbocycles. The monoisotopic (exact) mass is 402 g/mol. The molecular weight excluding hydrogens is 376 g/mol. The Balaban J connectivity index is 1.85. The van der Waals surface area contributed by atoms with Crippen LogP contribution in [0.4, 0.5) is 0 Å². The predicted molar refractivity (Wildman–Crippen MR) is 102 cm³/mol. The number of tetrazole rings is 1. The lowest BCUT2D eigenvalue weighted by Crippen LogP contribution is -2.54. The highest BCUT2D eigenvalue weighted by Gasteiger charge is 2.48. The molecule has 2 aromatic rings. The van der Waals surface area contributed by atoms with Crippen LogP contribution in [0.5, 0.6) is 0 Å². The van der Waals surface area contributed by atoms with Gasteiger partial charge in [0, 0.05) is 26.2 Å². The van der Waals surface area contributed by atoms with E-state index in [1.807, 2.05) is 44.2 Å². The lowest BCUT2D eigenvalue weighted by Gasteiger charge is -2.43. The summed E-state index contributed by atoms with van der Waals surface area (Å²) in [6.45, 7) is 6.47. The highest BCUT2D eigenvalue weighted by Crippen LogP contribution is 2.36. The molecule has 29 heavy (non-hydrogen) atoms. The number of rotatable bonds is 6. The lowest BCUT2D eigenvalue weighted by atomic mass is 9.88. The van der Waals surface area contributed by atoms with Crippen molar-refractivity contribution in [2.45, 2.75) is 65.1 Å². The van der Waals surface area contributed by atoms with E-state index < -0.39 is 30.4 Å². The Morgan fingerprint density at radius 1 is 1.10 bits per heavy atom. The Morgan fingerprint density at radius 3 is 2.38 bits per heavy atom. The third-order valence-corrected chi connectivity index (χ3v) is 4.91. The van der Waals surface area contributed by atoms with Gasteiger partial charge in [-0.25, -0.2) is 0 Å². The first-order chi connectivity index (χ1) is 13.9. The summed E-state index contributed by atoms with van der Waals surface area (Å²) in [7, 11) is 0. The zero-order valence-corrected chi connectivity index (χ0v) is 17.0. The van der Waals surface area contributed by atoms with E-state index in [1.165, 1.54) is 18.6 Å². The van der Waals surface area contributed by atoms with Crippen LogP contribution in [-0.4, -0.2) is 50.5 Å². The molecule has 9 heteroatoms. The number of esters is 2. The van der Waals surface area contributed by atoms with Crippen molar-refractivity contribution in [2.75, 3.05) is 0 Å². The van der Waals surface area contributed by atoms with Crippen molar-refractivity contribution in [2.24, 2.45) is 5.92 Å². The summed E-state index contributed by atoms with van der Waals surface area (Å²) in [6, 6.07) is 9.81. The van der Waals surface area contributed by atoms with Crippen LogP contribution in [0.15, 0.2) is 30.3 Å². The van der Waals surface area contributed by atoms with Gasteiger partial charge in [-0.2, -0.15) is 0 Å². The first-order valence-electron chi connectivity index (χ1n) is 9.71. The smallest absolute Gasteiger partial charge is 0.303 e. The molecule has 0 saturated carbocycles. The standard InChI is InChI=1S/C20H26N4O5/c1-5-16-18(27-13(3)25)12(2)19(28-14(4)26)20(29-16)24-22-17(21-23-24)11-15-9-7-6-8-10-15/h6-10,12,16,18-20H,5,11H2,1-4H3. The first-order valence-corrected chi connectivity index (χ1v) is 9.71. The molecule has 1 saturated heterocycles. The minimum Gasteiger partial charge on any atom is -0.459 e. The van der Waals surface area contributed by atoms with E-state index in [1.54, 1.807) is 0 Å². The molecule has 1 fully saturated rings. The van der Waals surface area contributed by atoms with Crippen LogP contribution < -0.4 is 0 Å². The highest BCUT2D eigenvalue weighted by atomic mass is 16.6. The Morgan fingerprint density at radius 2 is 1.76 bits per heavy atom. The van der Waals surface area contributed by atoms with Gasteiger partial charge in [0.2, 0.25) is 6.23 Å². The minimum absolute atomic E-state index is 0.310. The maximum atomic E-state index is 11.7. The predicted octanol–water partition coefficient (Wildman–Crippen LogP) is 2.07. The third-order valence-electron chi connectivity index (χ3n) is 4.91. The van der Waals surface area contributed by atoms with Crippen LogP contribution in [0, 0.1) is 5.92 Å². The van der Waals surface area contributed by atoms with Gasteiger partial charge in [-0.15, -0.1) is 15.0 Å². The van der Waals surface area contributed by atoms with E-state index in [4.69, 9.17) is 14.2 Å². The number of carbonyl (C=O) groups is 2. The largest absolute Gasteiger partial charge is 0.459 e. The number of carbonyl (C=O) groups excluding carboxylic acids is 2. The molecule has 5 atom stereocenters. The van der Waals surface area contributed by atoms with E-state index >= 15 is 0 Å². The van der Waals surface area contributed by atoms with Crippen LogP contribution in [-0.2, 0) is 30.2 Å². The van der Waals surface area contributed by atoms with Crippen molar-refractivity contribution in [3.8, 4) is 0 Å². The lowest BCUT2D eigenvalue weighted by molar-refractivity contribution is -0.245. The summed E-state index contributed by atoms with van der Waals surface area (Å²) in [6.07, 6.45) is -1.27. The number of hydrogen-bond acceptors (Lipinski definition) is 8. The topological polar surface area (TPSA) is 105 Å². The molecule has 0 N–H and O–H groups in total. The number of aromatic nitrogens is 4. The zero-order valence-electron chi connectivity index (χ0n) is 17.0. The van der Waals surface area contributed by atoms with Crippen molar-refractivity contribution in [1.29, 1.82) is 0 Å². The number of benzene rings is 1. The summed E-state index contributed by atoms with van der Waals surface area (Å²) in [5, 5.41) is 12.7. The van der Waals surface area contributed by atoms with Gasteiger partial charge in [0.1, 0.15) is 6.10 Å². The third kappa shape index (κ3) is 4.97. The van der Waals surface area contributed by atoms with Gasteiger partial charge < -0.3 is 14.2 Å². The van der Waals surface area contributed by atoms with Gasteiger partial charge in [-0.05, 0) is 17.2 Å². The highest BCUT2D eigenvalue weighted by molar-refractivity contribution is 5.67. The van der Waals surface area contributed by atoms with E-state index in [0.29, 0.717) is 18.7 Å². The van der Waals surface area contributed by atoms with E-state index in [9.17, 15) is 9.59 Å². The fourth-order valence-electron chi connectivity index (χ4n) is 3.58. The summed E-state index contributed by atoms with van der Waals surface area (Å²) in [4.78, 5) is 24.6. The average Bonchev–Trinajstić information content (AvgIpc) is 3.13. The maximum absolute atomic E-state index is 11.7. The molecule has 2 heterocycles. The fraction of sp³-hybridized carbons (Fsp3) is 0.550. The molecule has 0 spiro atoms. The quantitative estimate of drug-likeness (QED) is 0.676. The Labute approximate surface area is 169 Å². The van der Waals surface area contributed by atoms with Gasteiger partial charge in [-0.1, -0.05) is 44.2 Å². The molecule has 3 rings (SSSR count). The van der Waals surface area contributed by atoms with Crippen LogP contribution in [0.1, 0.15) is 51.7 Å². The summed E-state index contributed by atoms with van der Waals surface area (Å²) in [5.41, 5.74) is 1.06. The van der Waals surface area contributed by atoms with Gasteiger partial charge in [0.15, 0.2) is 11.9 Å². The molecule has 1 aromatic carbocycles. The summed E-state index contributed by atoms with van der Waals surface area (Å²) >= 11 is 0. The average molecular weight is 402 g/mol. The molecule has 156 valence electrons. The van der Waals surface area contributed by atoms with Crippen LogP contribution in [0.3, 0.4) is 0 Å². The van der Waals surface area contributed by atoms with Crippen LogP contribution in [0.2, 0.25) is 0 Å². The molecule has 9 nitrogen and oxygen atoms in total. The molecule has 0 bridgehead atoms. The normalized spacial score (nSPS) is 26.7. The molecule has 1 aromatic heterocycles. The SMILES string of the molecule is CCC1OC(n2nnc(Cc3ccccc3)n2)C(OC(C)=O)C(C)C1OC(C)=O. The number of ether oxygens (including phenoxy) is 3. The number of hydrogen-bond donors (Lipinski definition) is 0. The van der Waals surface area contributed by atoms with Gasteiger partial charge >= 0.3 is 11.9 Å². The van der Waals surface area contributed by atoms with Crippen molar-refractivity contribution in [1.82, 2.24) is 20.2 Å². The van der Waals surface area contributed by atoms with Gasteiger partial charge in [0.05, 0.1) is 6.10 Å². The Kier molecular flexibility index (Phi) is 6.58.